The molecule has 0 amide bonds. The van der Waals surface area contributed by atoms with Gasteiger partial charge in [-0.25, -0.2) is 4.39 Å². The molecule has 0 aliphatic heterocycles. The molecule has 19 heavy (non-hydrogen) atoms. The highest BCUT2D eigenvalue weighted by atomic mass is 19.4. The van der Waals surface area contributed by atoms with E-state index in [2.05, 4.69) is 0 Å². The standard InChI is InChI=1S/C13H14F4O2/c1-3-6-19-12(8(2)18)9-4-5-11(14)10(7-9)13(15,16)17/h4-5,7,12H,3,6H2,1-2H3. The van der Waals surface area contributed by atoms with E-state index in [1.807, 2.05) is 6.92 Å². The molecule has 1 unspecified atom stereocenters. The number of carbonyl (C=O) groups excluding carboxylic acids is 1. The first-order valence-corrected chi connectivity index (χ1v) is 5.76. The van der Waals surface area contributed by atoms with Crippen LogP contribution >= 0.6 is 0 Å². The maximum absolute atomic E-state index is 13.1. The van der Waals surface area contributed by atoms with Crippen molar-refractivity contribution in [1.29, 1.82) is 0 Å². The van der Waals surface area contributed by atoms with E-state index in [4.69, 9.17) is 4.74 Å². The Labute approximate surface area is 108 Å². The van der Waals surface area contributed by atoms with Gasteiger partial charge in [-0.1, -0.05) is 13.0 Å². The normalized spacial score (nSPS) is 13.4. The van der Waals surface area contributed by atoms with Crippen molar-refractivity contribution in [2.45, 2.75) is 32.5 Å². The largest absolute Gasteiger partial charge is 0.419 e. The van der Waals surface area contributed by atoms with Crippen LogP contribution in [0.4, 0.5) is 17.6 Å². The summed E-state index contributed by atoms with van der Waals surface area (Å²) in [6.07, 6.45) is -5.27. The molecule has 1 rings (SSSR count). The third kappa shape index (κ3) is 4.02. The Bertz CT molecular complexity index is 454. The molecule has 0 aliphatic rings. The number of Topliss-reactive ketones (excluding diaryl/α,β-unsaturated/α-hetero) is 1. The number of rotatable bonds is 5. The van der Waals surface area contributed by atoms with Gasteiger partial charge in [-0.3, -0.25) is 4.79 Å². The monoisotopic (exact) mass is 278 g/mol. The molecule has 0 aromatic heterocycles. The van der Waals surface area contributed by atoms with Gasteiger partial charge in [-0.2, -0.15) is 13.2 Å². The van der Waals surface area contributed by atoms with Gasteiger partial charge in [-0.05, 0) is 31.0 Å². The van der Waals surface area contributed by atoms with Crippen molar-refractivity contribution in [3.05, 3.63) is 35.1 Å². The van der Waals surface area contributed by atoms with E-state index in [0.717, 1.165) is 6.07 Å². The van der Waals surface area contributed by atoms with Crippen LogP contribution in [0.3, 0.4) is 0 Å². The fourth-order valence-corrected chi connectivity index (χ4v) is 1.61. The molecule has 0 saturated carbocycles. The van der Waals surface area contributed by atoms with Gasteiger partial charge in [0.15, 0.2) is 5.78 Å². The predicted molar refractivity (Wildman–Crippen MR) is 61.1 cm³/mol. The predicted octanol–water partition coefficient (Wildman–Crippen LogP) is 3.90. The summed E-state index contributed by atoms with van der Waals surface area (Å²) in [5.41, 5.74) is -1.38. The molecule has 0 aliphatic carbocycles. The van der Waals surface area contributed by atoms with Gasteiger partial charge in [-0.15, -0.1) is 0 Å². The Morgan fingerprint density at radius 3 is 2.47 bits per heavy atom. The zero-order valence-corrected chi connectivity index (χ0v) is 10.6. The van der Waals surface area contributed by atoms with Crippen LogP contribution < -0.4 is 0 Å². The summed E-state index contributed by atoms with van der Waals surface area (Å²) >= 11 is 0. The van der Waals surface area contributed by atoms with Gasteiger partial charge in [0.1, 0.15) is 11.9 Å². The van der Waals surface area contributed by atoms with Crippen LogP contribution in [0.5, 0.6) is 0 Å². The van der Waals surface area contributed by atoms with Crippen molar-refractivity contribution >= 4 is 5.78 Å². The van der Waals surface area contributed by atoms with Crippen molar-refractivity contribution < 1.29 is 27.1 Å². The second-order valence-electron chi connectivity index (χ2n) is 4.10. The molecule has 0 bridgehead atoms. The molecule has 2 nitrogen and oxygen atoms in total. The second-order valence-corrected chi connectivity index (χ2v) is 4.10. The summed E-state index contributed by atoms with van der Waals surface area (Å²) in [5, 5.41) is 0. The summed E-state index contributed by atoms with van der Waals surface area (Å²) < 4.78 is 56.1. The van der Waals surface area contributed by atoms with Crippen molar-refractivity contribution in [3.63, 3.8) is 0 Å². The Morgan fingerprint density at radius 1 is 1.37 bits per heavy atom. The van der Waals surface area contributed by atoms with Crippen molar-refractivity contribution in [2.24, 2.45) is 0 Å². The number of alkyl halides is 3. The number of ketones is 1. The lowest BCUT2D eigenvalue weighted by Gasteiger charge is -2.17. The van der Waals surface area contributed by atoms with E-state index >= 15 is 0 Å². The zero-order chi connectivity index (χ0) is 14.6. The Morgan fingerprint density at radius 2 is 2.00 bits per heavy atom. The van der Waals surface area contributed by atoms with Gasteiger partial charge in [0.2, 0.25) is 0 Å². The highest BCUT2D eigenvalue weighted by Crippen LogP contribution is 2.33. The molecule has 0 fully saturated rings. The van der Waals surface area contributed by atoms with E-state index in [1.165, 1.54) is 6.92 Å². The van der Waals surface area contributed by atoms with Crippen LogP contribution in [0.15, 0.2) is 18.2 Å². The van der Waals surface area contributed by atoms with Crippen LogP contribution in [0, 0.1) is 5.82 Å². The van der Waals surface area contributed by atoms with Gasteiger partial charge in [0, 0.05) is 6.61 Å². The number of hydrogen-bond acceptors (Lipinski definition) is 2. The lowest BCUT2D eigenvalue weighted by Crippen LogP contribution is -2.16. The van der Waals surface area contributed by atoms with Gasteiger partial charge < -0.3 is 4.74 Å². The molecule has 0 heterocycles. The molecule has 0 radical (unpaired) electrons. The van der Waals surface area contributed by atoms with E-state index in [-0.39, 0.29) is 12.2 Å². The summed E-state index contributed by atoms with van der Waals surface area (Å²) in [7, 11) is 0. The summed E-state index contributed by atoms with van der Waals surface area (Å²) in [6.45, 7) is 3.27. The minimum absolute atomic E-state index is 0.00896. The first-order chi connectivity index (χ1) is 8.77. The Balaban J connectivity index is 3.15. The molecule has 106 valence electrons. The number of carbonyl (C=O) groups is 1. The third-order valence-electron chi connectivity index (χ3n) is 2.46. The van der Waals surface area contributed by atoms with Crippen molar-refractivity contribution in [1.82, 2.24) is 0 Å². The average Bonchev–Trinajstić information content (AvgIpc) is 2.29. The van der Waals surface area contributed by atoms with Crippen LogP contribution in [0.2, 0.25) is 0 Å². The number of hydrogen-bond donors (Lipinski definition) is 0. The summed E-state index contributed by atoms with van der Waals surface area (Å²) in [5.74, 6) is -1.79. The number of ether oxygens (including phenoxy) is 1. The van der Waals surface area contributed by atoms with E-state index in [0.29, 0.717) is 18.6 Å². The lowest BCUT2D eigenvalue weighted by molar-refractivity contribution is -0.140. The first kappa shape index (κ1) is 15.6. The maximum atomic E-state index is 13.1. The average molecular weight is 278 g/mol. The van der Waals surface area contributed by atoms with Gasteiger partial charge >= 0.3 is 6.18 Å². The van der Waals surface area contributed by atoms with Crippen LogP contribution in [-0.2, 0) is 15.7 Å². The first-order valence-electron chi connectivity index (χ1n) is 5.76. The second kappa shape index (κ2) is 6.14. The van der Waals surface area contributed by atoms with Gasteiger partial charge in [0.25, 0.3) is 0 Å². The molecule has 1 atom stereocenters. The van der Waals surface area contributed by atoms with E-state index in [1.54, 1.807) is 0 Å². The molecule has 1 aromatic carbocycles. The molecular weight excluding hydrogens is 264 g/mol. The van der Waals surface area contributed by atoms with E-state index in [9.17, 15) is 22.4 Å². The van der Waals surface area contributed by atoms with Crippen molar-refractivity contribution in [3.8, 4) is 0 Å². The molecule has 0 N–H and O–H groups in total. The highest BCUT2D eigenvalue weighted by molar-refractivity contribution is 5.82. The molecule has 0 saturated heterocycles. The fourth-order valence-electron chi connectivity index (χ4n) is 1.61. The molecule has 0 spiro atoms. The Kier molecular flexibility index (Phi) is 5.05. The van der Waals surface area contributed by atoms with E-state index < -0.39 is 29.4 Å². The minimum atomic E-state index is -4.80. The summed E-state index contributed by atoms with van der Waals surface area (Å²) in [6, 6.07) is 2.45. The smallest absolute Gasteiger partial charge is 0.366 e. The highest BCUT2D eigenvalue weighted by Gasteiger charge is 2.35. The molecule has 1 aromatic rings. The third-order valence-corrected chi connectivity index (χ3v) is 2.46. The zero-order valence-electron chi connectivity index (χ0n) is 10.6. The minimum Gasteiger partial charge on any atom is -0.366 e. The number of halogens is 4. The topological polar surface area (TPSA) is 26.3 Å². The molecular formula is C13H14F4O2. The number of benzene rings is 1. The van der Waals surface area contributed by atoms with Crippen LogP contribution in [0.25, 0.3) is 0 Å². The Hall–Kier alpha value is -1.43. The quantitative estimate of drug-likeness (QED) is 0.763. The lowest BCUT2D eigenvalue weighted by atomic mass is 10.0. The van der Waals surface area contributed by atoms with Crippen molar-refractivity contribution in [2.75, 3.05) is 6.61 Å². The van der Waals surface area contributed by atoms with Crippen LogP contribution in [-0.4, -0.2) is 12.4 Å². The summed E-state index contributed by atoms with van der Waals surface area (Å²) in [4.78, 5) is 11.4. The molecule has 6 heteroatoms. The van der Waals surface area contributed by atoms with Gasteiger partial charge in [0.05, 0.1) is 5.56 Å². The maximum Gasteiger partial charge on any atom is 0.419 e. The SMILES string of the molecule is CCCOC(C(C)=O)c1ccc(F)c(C(F)(F)F)c1. The van der Waals surface area contributed by atoms with Crippen LogP contribution in [0.1, 0.15) is 37.5 Å². The fraction of sp³-hybridized carbons (Fsp3) is 0.462.